The molecule has 0 aliphatic heterocycles. The molecule has 1 N–H and O–H groups in total. The van der Waals surface area contributed by atoms with Gasteiger partial charge in [-0.25, -0.2) is 0 Å². The summed E-state index contributed by atoms with van der Waals surface area (Å²) in [4.78, 5) is 0. The van der Waals surface area contributed by atoms with Crippen LogP contribution in [0.2, 0.25) is 0 Å². The summed E-state index contributed by atoms with van der Waals surface area (Å²) in [7, 11) is 0. The van der Waals surface area contributed by atoms with E-state index in [1.54, 1.807) is 0 Å². The molecular formula is C15H19BrN2. The van der Waals surface area contributed by atoms with E-state index in [2.05, 4.69) is 34.2 Å². The second-order valence-electron chi connectivity index (χ2n) is 5.06. The summed E-state index contributed by atoms with van der Waals surface area (Å²) in [5.41, 5.74) is 1.68. The van der Waals surface area contributed by atoms with Gasteiger partial charge in [0.1, 0.15) is 6.07 Å². The van der Waals surface area contributed by atoms with Crippen molar-refractivity contribution >= 4 is 21.6 Å². The second-order valence-corrected chi connectivity index (χ2v) is 5.91. The largest absolute Gasteiger partial charge is 0.381 e. The zero-order chi connectivity index (χ0) is 13.0. The summed E-state index contributed by atoms with van der Waals surface area (Å²) in [5.74, 6) is 0.842. The number of rotatable bonds is 3. The van der Waals surface area contributed by atoms with Gasteiger partial charge in [0.2, 0.25) is 0 Å². The molecule has 1 aliphatic carbocycles. The molecule has 2 rings (SSSR count). The van der Waals surface area contributed by atoms with E-state index in [0.29, 0.717) is 6.04 Å². The molecule has 0 aromatic heterocycles. The smallest absolute Gasteiger partial charge is 0.103 e. The van der Waals surface area contributed by atoms with Crippen molar-refractivity contribution in [1.82, 2.24) is 0 Å². The maximum Gasteiger partial charge on any atom is 0.103 e. The van der Waals surface area contributed by atoms with Gasteiger partial charge in [0, 0.05) is 10.5 Å². The lowest BCUT2D eigenvalue weighted by Gasteiger charge is -2.30. The zero-order valence-electron chi connectivity index (χ0n) is 10.7. The molecule has 2 unspecified atom stereocenters. The van der Waals surface area contributed by atoms with Crippen LogP contribution in [0.1, 0.15) is 44.6 Å². The highest BCUT2D eigenvalue weighted by molar-refractivity contribution is 9.10. The fraction of sp³-hybridized carbons (Fsp3) is 0.533. The number of anilines is 1. The van der Waals surface area contributed by atoms with Crippen molar-refractivity contribution in [2.75, 3.05) is 5.32 Å². The number of hydrogen-bond donors (Lipinski definition) is 1. The van der Waals surface area contributed by atoms with Crippen LogP contribution in [0.25, 0.3) is 0 Å². The van der Waals surface area contributed by atoms with Gasteiger partial charge in [-0.3, -0.25) is 0 Å². The van der Waals surface area contributed by atoms with Crippen molar-refractivity contribution in [2.45, 2.75) is 45.1 Å². The Kier molecular flexibility index (Phi) is 4.66. The number of hydrogen-bond acceptors (Lipinski definition) is 2. The van der Waals surface area contributed by atoms with Crippen LogP contribution in [0.4, 0.5) is 5.69 Å². The van der Waals surface area contributed by atoms with E-state index in [0.717, 1.165) is 21.6 Å². The maximum absolute atomic E-state index is 9.21. The van der Waals surface area contributed by atoms with Crippen LogP contribution >= 0.6 is 15.9 Å². The molecule has 0 saturated heterocycles. The Balaban J connectivity index is 2.10. The monoisotopic (exact) mass is 306 g/mol. The Morgan fingerprint density at radius 2 is 2.28 bits per heavy atom. The Labute approximate surface area is 118 Å². The van der Waals surface area contributed by atoms with E-state index in [1.807, 2.05) is 18.2 Å². The Bertz CT molecular complexity index is 450. The molecule has 1 aliphatic rings. The topological polar surface area (TPSA) is 35.8 Å². The predicted molar refractivity (Wildman–Crippen MR) is 78.5 cm³/mol. The Morgan fingerprint density at radius 3 is 3.00 bits per heavy atom. The molecule has 0 bridgehead atoms. The lowest BCUT2D eigenvalue weighted by Crippen LogP contribution is -2.27. The van der Waals surface area contributed by atoms with Gasteiger partial charge in [0.25, 0.3) is 0 Å². The van der Waals surface area contributed by atoms with Gasteiger partial charge in [-0.15, -0.1) is 0 Å². The first-order chi connectivity index (χ1) is 8.74. The molecule has 0 radical (unpaired) electrons. The van der Waals surface area contributed by atoms with Crippen LogP contribution in [-0.2, 0) is 0 Å². The number of nitriles is 1. The highest BCUT2D eigenvalue weighted by Gasteiger charge is 2.21. The van der Waals surface area contributed by atoms with E-state index in [4.69, 9.17) is 0 Å². The van der Waals surface area contributed by atoms with Crippen LogP contribution in [0.15, 0.2) is 22.7 Å². The lowest BCUT2D eigenvalue weighted by atomic mass is 9.84. The number of nitrogens with one attached hydrogen (secondary N) is 1. The molecule has 1 aromatic rings. The molecule has 3 heteroatoms. The van der Waals surface area contributed by atoms with Crippen molar-refractivity contribution < 1.29 is 0 Å². The van der Waals surface area contributed by atoms with Gasteiger partial charge in [0.15, 0.2) is 0 Å². The third-order valence-electron chi connectivity index (χ3n) is 3.85. The lowest BCUT2D eigenvalue weighted by molar-refractivity contribution is 0.327. The van der Waals surface area contributed by atoms with Crippen molar-refractivity contribution in [3.63, 3.8) is 0 Å². The summed E-state index contributed by atoms with van der Waals surface area (Å²) < 4.78 is 0.873. The number of halogens is 1. The number of nitrogens with zero attached hydrogens (tertiary/aromatic N) is 1. The van der Waals surface area contributed by atoms with E-state index in [-0.39, 0.29) is 0 Å². The van der Waals surface area contributed by atoms with Crippen molar-refractivity contribution in [3.8, 4) is 6.07 Å². The molecule has 1 fully saturated rings. The van der Waals surface area contributed by atoms with Crippen LogP contribution in [0.3, 0.4) is 0 Å². The summed E-state index contributed by atoms with van der Waals surface area (Å²) in [6, 6.07) is 8.68. The highest BCUT2D eigenvalue weighted by Crippen LogP contribution is 2.31. The molecule has 1 aromatic carbocycles. The molecule has 2 nitrogen and oxygen atoms in total. The van der Waals surface area contributed by atoms with Gasteiger partial charge in [-0.2, -0.15) is 5.26 Å². The molecule has 0 spiro atoms. The molecule has 18 heavy (non-hydrogen) atoms. The fourth-order valence-electron chi connectivity index (χ4n) is 2.77. The average molecular weight is 307 g/mol. The molecule has 96 valence electrons. The Morgan fingerprint density at radius 1 is 1.44 bits per heavy atom. The molecule has 0 amide bonds. The van der Waals surface area contributed by atoms with Gasteiger partial charge >= 0.3 is 0 Å². The van der Waals surface area contributed by atoms with Crippen molar-refractivity contribution in [1.29, 1.82) is 5.26 Å². The standard InChI is InChI=1S/C15H19BrN2/c1-2-11-5-3-6-12(9-11)18-15-8-4-7-14(16)13(15)10-17/h4,7-8,11-12,18H,2-3,5-6,9H2,1H3. The van der Waals surface area contributed by atoms with E-state index >= 15 is 0 Å². The third-order valence-corrected chi connectivity index (χ3v) is 4.51. The number of benzene rings is 1. The third kappa shape index (κ3) is 3.05. The molecule has 2 atom stereocenters. The predicted octanol–water partition coefficient (Wildman–Crippen LogP) is 4.70. The minimum Gasteiger partial charge on any atom is -0.381 e. The summed E-state index contributed by atoms with van der Waals surface area (Å²) in [6.07, 6.45) is 6.37. The van der Waals surface area contributed by atoms with E-state index in [9.17, 15) is 5.26 Å². The van der Waals surface area contributed by atoms with Crippen molar-refractivity contribution in [3.05, 3.63) is 28.2 Å². The van der Waals surface area contributed by atoms with Crippen LogP contribution in [0, 0.1) is 17.2 Å². The summed E-state index contributed by atoms with van der Waals surface area (Å²) in [6.45, 7) is 2.27. The van der Waals surface area contributed by atoms with Gasteiger partial charge < -0.3 is 5.32 Å². The second kappa shape index (κ2) is 6.24. The summed E-state index contributed by atoms with van der Waals surface area (Å²) >= 11 is 3.44. The summed E-state index contributed by atoms with van der Waals surface area (Å²) in [5, 5.41) is 12.8. The molecule has 1 saturated carbocycles. The normalized spacial score (nSPS) is 23.4. The van der Waals surface area contributed by atoms with Gasteiger partial charge in [0.05, 0.1) is 11.3 Å². The zero-order valence-corrected chi connectivity index (χ0v) is 12.3. The minimum absolute atomic E-state index is 0.519. The SMILES string of the molecule is CCC1CCCC(Nc2cccc(Br)c2C#N)C1. The highest BCUT2D eigenvalue weighted by atomic mass is 79.9. The first-order valence-electron chi connectivity index (χ1n) is 6.69. The quantitative estimate of drug-likeness (QED) is 0.878. The van der Waals surface area contributed by atoms with Crippen LogP contribution < -0.4 is 5.32 Å². The van der Waals surface area contributed by atoms with Crippen LogP contribution in [0.5, 0.6) is 0 Å². The maximum atomic E-state index is 9.21. The van der Waals surface area contributed by atoms with Crippen LogP contribution in [-0.4, -0.2) is 6.04 Å². The molecule has 0 heterocycles. The van der Waals surface area contributed by atoms with E-state index in [1.165, 1.54) is 32.1 Å². The first kappa shape index (κ1) is 13.4. The van der Waals surface area contributed by atoms with Crippen molar-refractivity contribution in [2.24, 2.45) is 5.92 Å². The van der Waals surface area contributed by atoms with E-state index < -0.39 is 0 Å². The first-order valence-corrected chi connectivity index (χ1v) is 7.49. The Hall–Kier alpha value is -1.01. The average Bonchev–Trinajstić information content (AvgIpc) is 2.39. The molecular weight excluding hydrogens is 288 g/mol. The van der Waals surface area contributed by atoms with Gasteiger partial charge in [-0.1, -0.05) is 32.3 Å². The minimum atomic E-state index is 0.519. The fourth-order valence-corrected chi connectivity index (χ4v) is 3.23. The van der Waals surface area contributed by atoms with Gasteiger partial charge in [-0.05, 0) is 46.8 Å².